The standard InChI is InChI=1S/C31H19N3/c1-2-16-34-29(3-1)21-6-4-20(5-7-21)25-12-8-22-11-15-28-26(24-17-32-19-33-18-24)13-9-23-10-14-27(25)30(22)31(23)28/h1-19H. The molecule has 158 valence electrons. The molecule has 0 aliphatic rings. The molecule has 2 heterocycles. The van der Waals surface area contributed by atoms with Crippen molar-refractivity contribution in [2.45, 2.75) is 0 Å². The quantitative estimate of drug-likeness (QED) is 0.267. The van der Waals surface area contributed by atoms with Gasteiger partial charge in [-0.05, 0) is 61.1 Å². The topological polar surface area (TPSA) is 38.7 Å². The van der Waals surface area contributed by atoms with Crippen molar-refractivity contribution in [3.63, 3.8) is 0 Å². The Morgan fingerprint density at radius 3 is 1.68 bits per heavy atom. The molecule has 34 heavy (non-hydrogen) atoms. The van der Waals surface area contributed by atoms with E-state index in [1.807, 2.05) is 36.8 Å². The third-order valence-corrected chi connectivity index (χ3v) is 6.69. The van der Waals surface area contributed by atoms with Gasteiger partial charge in [0.1, 0.15) is 6.33 Å². The van der Waals surface area contributed by atoms with Crippen LogP contribution in [0.4, 0.5) is 0 Å². The van der Waals surface area contributed by atoms with Crippen LogP contribution in [0.15, 0.2) is 116 Å². The highest BCUT2D eigenvalue weighted by Gasteiger charge is 2.15. The lowest BCUT2D eigenvalue weighted by atomic mass is 9.87. The Balaban J connectivity index is 1.46. The SMILES string of the molecule is c1ccc(-c2ccc(-c3ccc4ccc5c(-c6cncnc6)ccc6ccc3c4c65)cc2)nc1. The predicted molar refractivity (Wildman–Crippen MR) is 140 cm³/mol. The fourth-order valence-electron chi connectivity index (χ4n) is 5.10. The molecule has 2 aromatic heterocycles. The van der Waals surface area contributed by atoms with E-state index >= 15 is 0 Å². The summed E-state index contributed by atoms with van der Waals surface area (Å²) >= 11 is 0. The van der Waals surface area contributed by atoms with E-state index in [4.69, 9.17) is 0 Å². The molecule has 0 saturated carbocycles. The number of pyridine rings is 1. The van der Waals surface area contributed by atoms with Gasteiger partial charge in [0, 0.05) is 29.7 Å². The van der Waals surface area contributed by atoms with Crippen molar-refractivity contribution in [3.05, 3.63) is 116 Å². The van der Waals surface area contributed by atoms with Gasteiger partial charge in [0.2, 0.25) is 0 Å². The third-order valence-electron chi connectivity index (χ3n) is 6.69. The molecule has 0 bridgehead atoms. The molecule has 3 heteroatoms. The van der Waals surface area contributed by atoms with Gasteiger partial charge in [0.25, 0.3) is 0 Å². The zero-order valence-electron chi connectivity index (χ0n) is 18.3. The van der Waals surface area contributed by atoms with Crippen molar-refractivity contribution in [2.75, 3.05) is 0 Å². The zero-order chi connectivity index (χ0) is 22.5. The Kier molecular flexibility index (Phi) is 4.15. The van der Waals surface area contributed by atoms with E-state index in [2.05, 4.69) is 87.7 Å². The maximum atomic E-state index is 4.48. The van der Waals surface area contributed by atoms with E-state index in [1.165, 1.54) is 43.4 Å². The molecular weight excluding hydrogens is 414 g/mol. The number of benzene rings is 5. The number of hydrogen-bond acceptors (Lipinski definition) is 3. The van der Waals surface area contributed by atoms with E-state index in [-0.39, 0.29) is 0 Å². The van der Waals surface area contributed by atoms with Crippen LogP contribution in [0.3, 0.4) is 0 Å². The Morgan fingerprint density at radius 1 is 0.471 bits per heavy atom. The predicted octanol–water partition coefficient (Wildman–Crippen LogP) is 7.77. The first kappa shape index (κ1) is 18.9. The summed E-state index contributed by atoms with van der Waals surface area (Å²) in [5.74, 6) is 0. The average molecular weight is 434 g/mol. The van der Waals surface area contributed by atoms with Gasteiger partial charge in [-0.15, -0.1) is 0 Å². The molecule has 0 aliphatic carbocycles. The molecule has 0 spiro atoms. The molecule has 0 fully saturated rings. The number of nitrogens with zero attached hydrogens (tertiary/aromatic N) is 3. The van der Waals surface area contributed by atoms with E-state index in [0.717, 1.165) is 22.4 Å². The molecule has 7 rings (SSSR count). The van der Waals surface area contributed by atoms with Crippen molar-refractivity contribution in [2.24, 2.45) is 0 Å². The molecule has 0 unspecified atom stereocenters. The van der Waals surface area contributed by atoms with Crippen LogP contribution in [-0.4, -0.2) is 15.0 Å². The van der Waals surface area contributed by atoms with E-state index in [1.54, 1.807) is 6.33 Å². The van der Waals surface area contributed by atoms with E-state index < -0.39 is 0 Å². The Morgan fingerprint density at radius 2 is 1.06 bits per heavy atom. The van der Waals surface area contributed by atoms with Crippen LogP contribution < -0.4 is 0 Å². The van der Waals surface area contributed by atoms with Crippen LogP contribution >= 0.6 is 0 Å². The molecular formula is C31H19N3. The summed E-state index contributed by atoms with van der Waals surface area (Å²) in [4.78, 5) is 13.0. The van der Waals surface area contributed by atoms with Crippen LogP contribution in [-0.2, 0) is 0 Å². The Hall–Kier alpha value is -4.63. The lowest BCUT2D eigenvalue weighted by Crippen LogP contribution is -1.90. The third kappa shape index (κ3) is 2.87. The van der Waals surface area contributed by atoms with Gasteiger partial charge < -0.3 is 0 Å². The van der Waals surface area contributed by atoms with Crippen LogP contribution in [0.5, 0.6) is 0 Å². The van der Waals surface area contributed by atoms with Gasteiger partial charge in [-0.2, -0.15) is 0 Å². The second kappa shape index (κ2) is 7.46. The van der Waals surface area contributed by atoms with Gasteiger partial charge >= 0.3 is 0 Å². The fraction of sp³-hybridized carbons (Fsp3) is 0. The van der Waals surface area contributed by atoms with Crippen molar-refractivity contribution >= 4 is 32.3 Å². The second-order valence-electron chi connectivity index (χ2n) is 8.57. The van der Waals surface area contributed by atoms with Crippen LogP contribution in [0.1, 0.15) is 0 Å². The maximum Gasteiger partial charge on any atom is 0.115 e. The summed E-state index contributed by atoms with van der Waals surface area (Å²) in [6, 6.07) is 32.5. The highest BCUT2D eigenvalue weighted by atomic mass is 14.8. The van der Waals surface area contributed by atoms with Crippen molar-refractivity contribution in [1.82, 2.24) is 15.0 Å². The van der Waals surface area contributed by atoms with Gasteiger partial charge in [0.05, 0.1) is 5.69 Å². The Labute approximate surface area is 196 Å². The van der Waals surface area contributed by atoms with E-state index in [9.17, 15) is 0 Å². The first-order valence-corrected chi connectivity index (χ1v) is 11.3. The summed E-state index contributed by atoms with van der Waals surface area (Å²) in [5.41, 5.74) is 6.74. The van der Waals surface area contributed by atoms with Gasteiger partial charge in [-0.25, -0.2) is 9.97 Å². The molecule has 0 amide bonds. The summed E-state index contributed by atoms with van der Waals surface area (Å²) in [6.07, 6.45) is 7.17. The van der Waals surface area contributed by atoms with Gasteiger partial charge in [-0.1, -0.05) is 78.9 Å². The van der Waals surface area contributed by atoms with Crippen LogP contribution in [0.2, 0.25) is 0 Å². The minimum absolute atomic E-state index is 0.988. The normalized spacial score (nSPS) is 11.5. The minimum Gasteiger partial charge on any atom is -0.256 e. The maximum absolute atomic E-state index is 4.48. The first-order valence-electron chi connectivity index (χ1n) is 11.3. The summed E-state index contributed by atoms with van der Waals surface area (Å²) in [6.45, 7) is 0. The molecule has 0 N–H and O–H groups in total. The molecule has 3 nitrogen and oxygen atoms in total. The molecule has 5 aromatic carbocycles. The van der Waals surface area contributed by atoms with E-state index in [0.29, 0.717) is 0 Å². The van der Waals surface area contributed by atoms with Gasteiger partial charge in [0.15, 0.2) is 0 Å². The smallest absolute Gasteiger partial charge is 0.115 e. The van der Waals surface area contributed by atoms with Gasteiger partial charge in [-0.3, -0.25) is 4.98 Å². The highest BCUT2D eigenvalue weighted by Crippen LogP contribution is 2.42. The Bertz CT molecular complexity index is 1770. The van der Waals surface area contributed by atoms with Crippen LogP contribution in [0, 0.1) is 0 Å². The summed E-state index contributed by atoms with van der Waals surface area (Å²) in [7, 11) is 0. The minimum atomic E-state index is 0.988. The molecule has 0 saturated heterocycles. The van der Waals surface area contributed by atoms with Crippen molar-refractivity contribution in [1.29, 1.82) is 0 Å². The number of rotatable bonds is 3. The molecule has 0 aliphatic heterocycles. The number of aromatic nitrogens is 3. The average Bonchev–Trinajstić information content (AvgIpc) is 2.92. The lowest BCUT2D eigenvalue weighted by molar-refractivity contribution is 1.17. The monoisotopic (exact) mass is 433 g/mol. The highest BCUT2D eigenvalue weighted by molar-refractivity contribution is 6.27. The van der Waals surface area contributed by atoms with Crippen molar-refractivity contribution < 1.29 is 0 Å². The zero-order valence-corrected chi connectivity index (χ0v) is 18.3. The van der Waals surface area contributed by atoms with Crippen molar-refractivity contribution in [3.8, 4) is 33.5 Å². The molecule has 0 radical (unpaired) electrons. The summed E-state index contributed by atoms with van der Waals surface area (Å²) in [5, 5.41) is 7.60. The summed E-state index contributed by atoms with van der Waals surface area (Å²) < 4.78 is 0. The lowest BCUT2D eigenvalue weighted by Gasteiger charge is -2.16. The number of hydrogen-bond donors (Lipinski definition) is 0. The fourth-order valence-corrected chi connectivity index (χ4v) is 5.10. The second-order valence-corrected chi connectivity index (χ2v) is 8.57. The van der Waals surface area contributed by atoms with Crippen LogP contribution in [0.25, 0.3) is 65.8 Å². The largest absolute Gasteiger partial charge is 0.256 e. The molecule has 7 aromatic rings. The first-order chi connectivity index (χ1) is 16.9. The molecule has 0 atom stereocenters.